The number of methoxy groups -OCH3 is 2. The van der Waals surface area contributed by atoms with Gasteiger partial charge >= 0.3 is 0 Å². The number of rotatable bonds is 7. The van der Waals surface area contributed by atoms with Crippen LogP contribution in [0.1, 0.15) is 37.9 Å². The maximum absolute atomic E-state index is 13.8. The Morgan fingerprint density at radius 1 is 1.11 bits per heavy atom. The second kappa shape index (κ2) is 10.7. The number of allylic oxidation sites excluding steroid dienone is 1. The fourth-order valence-corrected chi connectivity index (χ4v) is 5.50. The third-order valence-corrected chi connectivity index (χ3v) is 7.43. The van der Waals surface area contributed by atoms with E-state index in [-0.39, 0.29) is 11.5 Å². The second-order valence-corrected chi connectivity index (χ2v) is 9.67. The first-order valence-corrected chi connectivity index (χ1v) is 12.8. The SMILES string of the molecule is CCN(CC)C(=O)C1=C(C)N=c2s/c(=C/c3ccc(OC)c(OC)c3)c(=O)n2[C@H]1c1ccc(Cl)cc1. The number of hydrogen-bond acceptors (Lipinski definition) is 6. The van der Waals surface area contributed by atoms with Gasteiger partial charge in [-0.25, -0.2) is 4.99 Å². The molecule has 1 aliphatic rings. The van der Waals surface area contributed by atoms with Gasteiger partial charge in [-0.05, 0) is 62.2 Å². The Morgan fingerprint density at radius 2 is 1.78 bits per heavy atom. The van der Waals surface area contributed by atoms with Crippen LogP contribution in [0.5, 0.6) is 11.5 Å². The van der Waals surface area contributed by atoms with E-state index in [1.807, 2.05) is 45.0 Å². The molecule has 2 heterocycles. The zero-order chi connectivity index (χ0) is 26.0. The van der Waals surface area contributed by atoms with Crippen LogP contribution in [0.15, 0.2) is 63.5 Å². The van der Waals surface area contributed by atoms with Crippen LogP contribution in [0, 0.1) is 0 Å². The summed E-state index contributed by atoms with van der Waals surface area (Å²) in [5.41, 5.74) is 2.46. The molecule has 0 unspecified atom stereocenters. The van der Waals surface area contributed by atoms with E-state index in [1.54, 1.807) is 48.0 Å². The summed E-state index contributed by atoms with van der Waals surface area (Å²) in [6.07, 6.45) is 1.80. The number of benzene rings is 2. The van der Waals surface area contributed by atoms with Crippen molar-refractivity contribution in [3.8, 4) is 11.5 Å². The van der Waals surface area contributed by atoms with Crippen molar-refractivity contribution in [2.75, 3.05) is 27.3 Å². The lowest BCUT2D eigenvalue weighted by molar-refractivity contribution is -0.127. The summed E-state index contributed by atoms with van der Waals surface area (Å²) in [7, 11) is 3.14. The predicted octanol–water partition coefficient (Wildman–Crippen LogP) is 3.77. The molecule has 1 aliphatic heterocycles. The average molecular weight is 526 g/mol. The van der Waals surface area contributed by atoms with Gasteiger partial charge in [-0.2, -0.15) is 0 Å². The van der Waals surface area contributed by atoms with Crippen molar-refractivity contribution in [2.24, 2.45) is 4.99 Å². The summed E-state index contributed by atoms with van der Waals surface area (Å²) >= 11 is 7.44. The minimum atomic E-state index is -0.612. The second-order valence-electron chi connectivity index (χ2n) is 8.23. The lowest BCUT2D eigenvalue weighted by Gasteiger charge is -2.29. The third kappa shape index (κ3) is 4.70. The summed E-state index contributed by atoms with van der Waals surface area (Å²) in [6.45, 7) is 6.82. The molecule has 0 aliphatic carbocycles. The standard InChI is InChI=1S/C27H28ClN3O4S/c1-6-30(7-2)26(33)23-16(3)29-27-31(24(23)18-9-11-19(28)12-10-18)25(32)22(36-27)15-17-8-13-20(34-4)21(14-17)35-5/h8-15,24H,6-7H2,1-5H3/b22-15+/t24-/m0/s1. The number of carbonyl (C=O) groups excluding carboxylic acids is 1. The Balaban J connectivity index is 1.93. The van der Waals surface area contributed by atoms with Gasteiger partial charge < -0.3 is 14.4 Å². The fourth-order valence-electron chi connectivity index (χ4n) is 4.33. The van der Waals surface area contributed by atoms with E-state index in [2.05, 4.69) is 0 Å². The van der Waals surface area contributed by atoms with Crippen molar-refractivity contribution < 1.29 is 14.3 Å². The highest BCUT2D eigenvalue weighted by Gasteiger charge is 2.34. The molecule has 0 N–H and O–H groups in total. The smallest absolute Gasteiger partial charge is 0.271 e. The van der Waals surface area contributed by atoms with Crippen molar-refractivity contribution in [1.29, 1.82) is 0 Å². The molecule has 36 heavy (non-hydrogen) atoms. The molecular formula is C27H28ClN3O4S. The Morgan fingerprint density at radius 3 is 2.39 bits per heavy atom. The molecule has 0 spiro atoms. The molecule has 3 aromatic rings. The van der Waals surface area contributed by atoms with E-state index < -0.39 is 6.04 Å². The van der Waals surface area contributed by atoms with Gasteiger partial charge in [0, 0.05) is 18.1 Å². The minimum Gasteiger partial charge on any atom is -0.493 e. The topological polar surface area (TPSA) is 73.1 Å². The number of likely N-dealkylation sites (N-methyl/N-ethyl adjacent to an activating group) is 1. The van der Waals surface area contributed by atoms with Crippen LogP contribution in [-0.2, 0) is 4.79 Å². The molecule has 188 valence electrons. The van der Waals surface area contributed by atoms with E-state index in [0.717, 1.165) is 11.1 Å². The van der Waals surface area contributed by atoms with Crippen LogP contribution in [0.3, 0.4) is 0 Å². The summed E-state index contributed by atoms with van der Waals surface area (Å²) < 4.78 is 12.8. The van der Waals surface area contributed by atoms with E-state index in [4.69, 9.17) is 26.1 Å². The normalized spacial score (nSPS) is 15.4. The van der Waals surface area contributed by atoms with Gasteiger partial charge in [0.05, 0.1) is 36.1 Å². The van der Waals surface area contributed by atoms with Gasteiger partial charge in [0.15, 0.2) is 16.3 Å². The number of aromatic nitrogens is 1. The number of thiazole rings is 1. The minimum absolute atomic E-state index is 0.129. The number of fused-ring (bicyclic) bond motifs is 1. The number of carbonyl (C=O) groups is 1. The summed E-state index contributed by atoms with van der Waals surface area (Å²) in [5, 5.41) is 0.580. The summed E-state index contributed by atoms with van der Waals surface area (Å²) in [4.78, 5) is 34.4. The largest absolute Gasteiger partial charge is 0.493 e. The van der Waals surface area contributed by atoms with Crippen LogP contribution in [-0.4, -0.2) is 42.7 Å². The molecule has 0 fully saturated rings. The van der Waals surface area contributed by atoms with Crippen molar-refractivity contribution in [2.45, 2.75) is 26.8 Å². The van der Waals surface area contributed by atoms with Crippen molar-refractivity contribution >= 4 is 34.9 Å². The molecule has 1 amide bonds. The van der Waals surface area contributed by atoms with E-state index in [0.29, 0.717) is 50.2 Å². The maximum Gasteiger partial charge on any atom is 0.271 e. The average Bonchev–Trinajstić information content (AvgIpc) is 3.18. The number of ether oxygens (including phenoxy) is 2. The number of hydrogen-bond donors (Lipinski definition) is 0. The molecule has 0 bridgehead atoms. The molecule has 4 rings (SSSR count). The number of amides is 1. The first kappa shape index (κ1) is 25.7. The lowest BCUT2D eigenvalue weighted by atomic mass is 9.94. The first-order valence-electron chi connectivity index (χ1n) is 11.6. The van der Waals surface area contributed by atoms with Crippen LogP contribution in [0.25, 0.3) is 6.08 Å². The molecule has 1 atom stereocenters. The van der Waals surface area contributed by atoms with Crippen molar-refractivity contribution in [3.63, 3.8) is 0 Å². The Labute approximate surface area is 218 Å². The van der Waals surface area contributed by atoms with E-state index >= 15 is 0 Å². The maximum atomic E-state index is 13.8. The third-order valence-electron chi connectivity index (χ3n) is 6.19. The summed E-state index contributed by atoms with van der Waals surface area (Å²) in [6, 6.07) is 12.1. The molecule has 2 aromatic carbocycles. The molecule has 7 nitrogen and oxygen atoms in total. The Kier molecular flexibility index (Phi) is 7.66. The lowest BCUT2D eigenvalue weighted by Crippen LogP contribution is -2.43. The van der Waals surface area contributed by atoms with E-state index in [9.17, 15) is 9.59 Å². The van der Waals surface area contributed by atoms with Gasteiger partial charge in [-0.3, -0.25) is 14.2 Å². The zero-order valence-corrected chi connectivity index (χ0v) is 22.4. The van der Waals surface area contributed by atoms with Gasteiger partial charge in [-0.15, -0.1) is 0 Å². The molecule has 9 heteroatoms. The Hall–Kier alpha value is -3.36. The Bertz CT molecular complexity index is 1500. The predicted molar refractivity (Wildman–Crippen MR) is 143 cm³/mol. The highest BCUT2D eigenvalue weighted by molar-refractivity contribution is 7.07. The summed E-state index contributed by atoms with van der Waals surface area (Å²) in [5.74, 6) is 1.05. The number of halogens is 1. The van der Waals surface area contributed by atoms with Gasteiger partial charge in [-0.1, -0.05) is 41.1 Å². The van der Waals surface area contributed by atoms with E-state index in [1.165, 1.54) is 11.3 Å². The molecular weight excluding hydrogens is 498 g/mol. The molecule has 0 saturated heterocycles. The highest BCUT2D eigenvalue weighted by atomic mass is 35.5. The molecule has 1 aromatic heterocycles. The fraction of sp³-hybridized carbons (Fsp3) is 0.296. The van der Waals surface area contributed by atoms with Crippen LogP contribution >= 0.6 is 22.9 Å². The highest BCUT2D eigenvalue weighted by Crippen LogP contribution is 2.32. The van der Waals surface area contributed by atoms with Crippen LogP contribution in [0.2, 0.25) is 5.02 Å². The number of nitrogens with zero attached hydrogens (tertiary/aromatic N) is 3. The monoisotopic (exact) mass is 525 g/mol. The van der Waals surface area contributed by atoms with Crippen LogP contribution < -0.4 is 24.4 Å². The first-order chi connectivity index (χ1) is 17.3. The van der Waals surface area contributed by atoms with Crippen molar-refractivity contribution in [3.05, 3.63) is 89.6 Å². The van der Waals surface area contributed by atoms with Gasteiger partial charge in [0.25, 0.3) is 11.5 Å². The van der Waals surface area contributed by atoms with Crippen molar-refractivity contribution in [1.82, 2.24) is 9.47 Å². The molecule has 0 radical (unpaired) electrons. The zero-order valence-electron chi connectivity index (χ0n) is 20.9. The quantitative estimate of drug-likeness (QED) is 0.470. The van der Waals surface area contributed by atoms with Gasteiger partial charge in [0.2, 0.25) is 0 Å². The van der Waals surface area contributed by atoms with Crippen LogP contribution in [0.4, 0.5) is 0 Å². The molecule has 0 saturated carbocycles. The van der Waals surface area contributed by atoms with Gasteiger partial charge in [0.1, 0.15) is 0 Å².